The van der Waals surface area contributed by atoms with Crippen molar-refractivity contribution in [1.29, 1.82) is 0 Å². The summed E-state index contributed by atoms with van der Waals surface area (Å²) < 4.78 is 0. The second-order valence-corrected chi connectivity index (χ2v) is 4.23. The standard InChI is InChI=1S/C12H22/c1-4-10(3)6-7-12-8-11(5-2)9-12/h8,10,12H,4-7,9H2,1-3H3. The molecule has 0 amide bonds. The quantitative estimate of drug-likeness (QED) is 0.538. The van der Waals surface area contributed by atoms with Gasteiger partial charge in [0.15, 0.2) is 0 Å². The molecule has 12 heavy (non-hydrogen) atoms. The maximum Gasteiger partial charge on any atom is -0.0193 e. The first kappa shape index (κ1) is 9.83. The van der Waals surface area contributed by atoms with E-state index >= 15 is 0 Å². The molecule has 1 rings (SSSR count). The van der Waals surface area contributed by atoms with Crippen LogP contribution < -0.4 is 0 Å². The van der Waals surface area contributed by atoms with Gasteiger partial charge in [-0.2, -0.15) is 0 Å². The minimum Gasteiger partial charge on any atom is -0.0819 e. The highest BCUT2D eigenvalue weighted by Crippen LogP contribution is 2.32. The smallest absolute Gasteiger partial charge is 0.0193 e. The Bertz CT molecular complexity index is 155. The average Bonchev–Trinajstić information content (AvgIpc) is 2.01. The van der Waals surface area contributed by atoms with E-state index in [-0.39, 0.29) is 0 Å². The molecule has 0 aromatic rings. The van der Waals surface area contributed by atoms with Crippen LogP contribution in [0.25, 0.3) is 0 Å². The molecule has 0 aromatic carbocycles. The summed E-state index contributed by atoms with van der Waals surface area (Å²) in [6.45, 7) is 6.92. The van der Waals surface area contributed by atoms with Crippen LogP contribution in [0.5, 0.6) is 0 Å². The topological polar surface area (TPSA) is 0 Å². The van der Waals surface area contributed by atoms with Gasteiger partial charge in [-0.15, -0.1) is 0 Å². The third kappa shape index (κ3) is 2.66. The van der Waals surface area contributed by atoms with Crippen LogP contribution in [0.1, 0.15) is 52.9 Å². The van der Waals surface area contributed by atoms with Crippen LogP contribution in [0.4, 0.5) is 0 Å². The van der Waals surface area contributed by atoms with Gasteiger partial charge >= 0.3 is 0 Å². The number of hydrogen-bond donors (Lipinski definition) is 0. The van der Waals surface area contributed by atoms with Gasteiger partial charge in [0.2, 0.25) is 0 Å². The van der Waals surface area contributed by atoms with Crippen molar-refractivity contribution in [1.82, 2.24) is 0 Å². The molecule has 0 nitrogen and oxygen atoms in total. The fraction of sp³-hybridized carbons (Fsp3) is 0.833. The lowest BCUT2D eigenvalue weighted by Gasteiger charge is -2.25. The Hall–Kier alpha value is -0.260. The molecular weight excluding hydrogens is 144 g/mol. The van der Waals surface area contributed by atoms with Crippen LogP contribution in [0.15, 0.2) is 11.6 Å². The maximum atomic E-state index is 2.49. The minimum atomic E-state index is 0.934. The predicted octanol–water partition coefficient (Wildman–Crippen LogP) is 4.17. The van der Waals surface area contributed by atoms with Gasteiger partial charge in [0.25, 0.3) is 0 Å². The van der Waals surface area contributed by atoms with E-state index in [0.717, 1.165) is 11.8 Å². The van der Waals surface area contributed by atoms with E-state index < -0.39 is 0 Å². The Kier molecular flexibility index (Phi) is 3.84. The van der Waals surface area contributed by atoms with E-state index in [2.05, 4.69) is 26.8 Å². The van der Waals surface area contributed by atoms with Gasteiger partial charge in [-0.05, 0) is 31.1 Å². The van der Waals surface area contributed by atoms with Crippen LogP contribution in [0, 0.1) is 11.8 Å². The van der Waals surface area contributed by atoms with Crippen LogP contribution in [-0.4, -0.2) is 0 Å². The van der Waals surface area contributed by atoms with Crippen molar-refractivity contribution in [2.24, 2.45) is 11.8 Å². The Morgan fingerprint density at radius 3 is 2.67 bits per heavy atom. The van der Waals surface area contributed by atoms with Crippen molar-refractivity contribution in [3.8, 4) is 0 Å². The van der Waals surface area contributed by atoms with Crippen molar-refractivity contribution in [3.63, 3.8) is 0 Å². The minimum absolute atomic E-state index is 0.934. The lowest BCUT2D eigenvalue weighted by Crippen LogP contribution is -2.10. The lowest BCUT2D eigenvalue weighted by molar-refractivity contribution is 0.420. The molecule has 0 heteroatoms. The van der Waals surface area contributed by atoms with E-state index in [1.54, 1.807) is 5.57 Å². The van der Waals surface area contributed by atoms with Crippen LogP contribution >= 0.6 is 0 Å². The first-order valence-corrected chi connectivity index (χ1v) is 5.45. The molecule has 0 spiro atoms. The summed E-state index contributed by atoms with van der Waals surface area (Å²) in [5.41, 5.74) is 1.68. The number of hydrogen-bond acceptors (Lipinski definition) is 0. The maximum absolute atomic E-state index is 2.49. The highest BCUT2D eigenvalue weighted by molar-refractivity contribution is 5.15. The van der Waals surface area contributed by atoms with Crippen LogP contribution in [0.2, 0.25) is 0 Å². The molecule has 0 N–H and O–H groups in total. The average molecular weight is 166 g/mol. The molecule has 2 unspecified atom stereocenters. The molecule has 70 valence electrons. The summed E-state index contributed by atoms with van der Waals surface area (Å²) in [5.74, 6) is 1.87. The fourth-order valence-electron chi connectivity index (χ4n) is 1.79. The van der Waals surface area contributed by atoms with Crippen molar-refractivity contribution in [2.45, 2.75) is 52.9 Å². The van der Waals surface area contributed by atoms with Gasteiger partial charge in [-0.25, -0.2) is 0 Å². The summed E-state index contributed by atoms with van der Waals surface area (Å²) >= 11 is 0. The van der Waals surface area contributed by atoms with Gasteiger partial charge in [-0.1, -0.05) is 45.3 Å². The molecule has 0 aromatic heterocycles. The Labute approximate surface area is 77.1 Å². The summed E-state index contributed by atoms with van der Waals surface area (Å²) in [4.78, 5) is 0. The third-order valence-electron chi connectivity index (χ3n) is 3.18. The third-order valence-corrected chi connectivity index (χ3v) is 3.18. The molecule has 0 saturated carbocycles. The van der Waals surface area contributed by atoms with E-state index in [1.807, 2.05) is 0 Å². The van der Waals surface area contributed by atoms with Crippen molar-refractivity contribution < 1.29 is 0 Å². The molecule has 1 aliphatic rings. The van der Waals surface area contributed by atoms with Crippen LogP contribution in [-0.2, 0) is 0 Å². The molecule has 0 bridgehead atoms. The van der Waals surface area contributed by atoms with Gasteiger partial charge in [0, 0.05) is 0 Å². The molecule has 0 heterocycles. The zero-order valence-electron chi connectivity index (χ0n) is 8.77. The molecule has 0 fully saturated rings. The number of rotatable bonds is 5. The summed E-state index contributed by atoms with van der Waals surface area (Å²) in [6.07, 6.45) is 9.36. The molecule has 2 atom stereocenters. The molecule has 0 radical (unpaired) electrons. The van der Waals surface area contributed by atoms with Crippen molar-refractivity contribution >= 4 is 0 Å². The highest BCUT2D eigenvalue weighted by atomic mass is 14.2. The summed E-state index contributed by atoms with van der Waals surface area (Å²) in [7, 11) is 0. The van der Waals surface area contributed by atoms with E-state index in [9.17, 15) is 0 Å². The van der Waals surface area contributed by atoms with Gasteiger partial charge in [0.05, 0.1) is 0 Å². The van der Waals surface area contributed by atoms with Gasteiger partial charge < -0.3 is 0 Å². The zero-order chi connectivity index (χ0) is 8.97. The second-order valence-electron chi connectivity index (χ2n) is 4.23. The Morgan fingerprint density at radius 1 is 1.50 bits per heavy atom. The first-order chi connectivity index (χ1) is 5.76. The van der Waals surface area contributed by atoms with E-state index in [4.69, 9.17) is 0 Å². The van der Waals surface area contributed by atoms with Crippen molar-refractivity contribution in [2.75, 3.05) is 0 Å². The zero-order valence-corrected chi connectivity index (χ0v) is 8.77. The first-order valence-electron chi connectivity index (χ1n) is 5.45. The molecule has 1 aliphatic carbocycles. The van der Waals surface area contributed by atoms with E-state index in [0.29, 0.717) is 0 Å². The van der Waals surface area contributed by atoms with Gasteiger partial charge in [0.1, 0.15) is 0 Å². The second kappa shape index (κ2) is 4.69. The van der Waals surface area contributed by atoms with Gasteiger partial charge in [-0.3, -0.25) is 0 Å². The Morgan fingerprint density at radius 2 is 2.17 bits per heavy atom. The highest BCUT2D eigenvalue weighted by Gasteiger charge is 2.17. The lowest BCUT2D eigenvalue weighted by atomic mass is 9.80. The fourth-order valence-corrected chi connectivity index (χ4v) is 1.79. The monoisotopic (exact) mass is 166 g/mol. The van der Waals surface area contributed by atoms with E-state index in [1.165, 1.54) is 32.1 Å². The summed E-state index contributed by atoms with van der Waals surface area (Å²) in [5, 5.41) is 0. The van der Waals surface area contributed by atoms with Crippen molar-refractivity contribution in [3.05, 3.63) is 11.6 Å². The predicted molar refractivity (Wildman–Crippen MR) is 55.2 cm³/mol. The molecule has 0 saturated heterocycles. The molecule has 0 aliphatic heterocycles. The molecular formula is C12H22. The summed E-state index contributed by atoms with van der Waals surface area (Å²) in [6, 6.07) is 0. The van der Waals surface area contributed by atoms with Crippen LogP contribution in [0.3, 0.4) is 0 Å². The SMILES string of the molecule is CCC1=CC(CCC(C)CC)C1. The largest absolute Gasteiger partial charge is 0.0819 e. The number of allylic oxidation sites excluding steroid dienone is 2. The normalized spacial score (nSPS) is 24.6. The Balaban J connectivity index is 2.08.